The molecule has 9 heteroatoms. The fraction of sp³-hybridized carbons (Fsp3) is 0.200. The van der Waals surface area contributed by atoms with E-state index in [1.807, 2.05) is 0 Å². The van der Waals surface area contributed by atoms with Crippen molar-refractivity contribution in [3.8, 4) is 0 Å². The van der Waals surface area contributed by atoms with Crippen LogP contribution in [0, 0.1) is 0 Å². The molecule has 3 aromatic rings. The van der Waals surface area contributed by atoms with Gasteiger partial charge in [0.1, 0.15) is 0 Å². The van der Waals surface area contributed by atoms with E-state index in [0.29, 0.717) is 16.6 Å². The number of H-pyrrole nitrogens is 1. The van der Waals surface area contributed by atoms with Crippen LogP contribution in [-0.4, -0.2) is 39.7 Å². The van der Waals surface area contributed by atoms with Crippen LogP contribution in [0.5, 0.6) is 0 Å². The van der Waals surface area contributed by atoms with E-state index >= 15 is 0 Å². The lowest BCUT2D eigenvalue weighted by Gasteiger charge is -2.11. The Balaban J connectivity index is 1.65. The molecule has 0 saturated carbocycles. The number of carbonyl (C=O) groups excluding carboxylic acids is 2. The molecule has 2 N–H and O–H groups in total. The van der Waals surface area contributed by atoms with Gasteiger partial charge in [0.2, 0.25) is 5.91 Å². The molecule has 0 aliphatic heterocycles. The number of nitrogens with zero attached hydrogens (tertiary/aromatic N) is 2. The molecular weight excluding hydrogens is 392 g/mol. The summed E-state index contributed by atoms with van der Waals surface area (Å²) in [5.74, 6) is -0.267. The van der Waals surface area contributed by atoms with E-state index in [4.69, 9.17) is 0 Å². The minimum absolute atomic E-state index is 0.0611. The van der Waals surface area contributed by atoms with Crippen molar-refractivity contribution < 1.29 is 9.59 Å². The predicted molar refractivity (Wildman–Crippen MR) is 113 cm³/mol. The SMILES string of the molecule is CN(C)C(=O)Sc1ccc(NC(=O)CCn2c(=O)[nH]c(=O)c3ccccc32)cc1. The number of para-hydroxylation sites is 1. The Hall–Kier alpha value is -3.33. The standard InChI is InChI=1S/C20H20N4O4S/c1-23(2)20(28)29-14-9-7-13(8-10-14)21-17(25)11-12-24-16-6-4-3-5-15(16)18(26)22-19(24)27/h3-10H,11-12H2,1-2H3,(H,21,25)(H,22,26,27). The molecule has 8 nitrogen and oxygen atoms in total. The third-order valence-corrected chi connectivity index (χ3v) is 5.22. The summed E-state index contributed by atoms with van der Waals surface area (Å²) < 4.78 is 1.38. The third kappa shape index (κ3) is 4.94. The van der Waals surface area contributed by atoms with Crippen molar-refractivity contribution in [3.63, 3.8) is 0 Å². The number of nitrogens with one attached hydrogen (secondary N) is 2. The van der Waals surface area contributed by atoms with Gasteiger partial charge in [-0.25, -0.2) is 4.79 Å². The zero-order chi connectivity index (χ0) is 21.0. The van der Waals surface area contributed by atoms with E-state index in [1.54, 1.807) is 62.6 Å². The Kier molecular flexibility index (Phi) is 6.18. The van der Waals surface area contributed by atoms with E-state index < -0.39 is 11.2 Å². The van der Waals surface area contributed by atoms with Crippen LogP contribution in [0.1, 0.15) is 6.42 Å². The van der Waals surface area contributed by atoms with Crippen LogP contribution in [0.2, 0.25) is 0 Å². The van der Waals surface area contributed by atoms with Crippen LogP contribution in [0.4, 0.5) is 10.5 Å². The second-order valence-electron chi connectivity index (χ2n) is 6.51. The highest BCUT2D eigenvalue weighted by atomic mass is 32.2. The number of aromatic nitrogens is 2. The summed E-state index contributed by atoms with van der Waals surface area (Å²) >= 11 is 1.10. The molecule has 29 heavy (non-hydrogen) atoms. The molecule has 0 aliphatic rings. The van der Waals surface area contributed by atoms with E-state index in [-0.39, 0.29) is 24.1 Å². The molecule has 0 unspecified atom stereocenters. The summed E-state index contributed by atoms with van der Waals surface area (Å²) in [5.41, 5.74) is 0.0850. The Labute approximate surface area is 170 Å². The van der Waals surface area contributed by atoms with E-state index in [9.17, 15) is 19.2 Å². The minimum atomic E-state index is -0.548. The molecule has 0 radical (unpaired) electrons. The summed E-state index contributed by atoms with van der Waals surface area (Å²) in [6, 6.07) is 13.7. The average molecular weight is 412 g/mol. The van der Waals surface area contributed by atoms with Gasteiger partial charge in [-0.05, 0) is 48.2 Å². The Morgan fingerprint density at radius 1 is 1.07 bits per heavy atom. The summed E-state index contributed by atoms with van der Waals surface area (Å²) in [5, 5.41) is 3.08. The molecule has 2 amide bonds. The average Bonchev–Trinajstić information content (AvgIpc) is 2.69. The molecule has 0 saturated heterocycles. The number of aromatic amines is 1. The molecule has 0 aliphatic carbocycles. The lowest BCUT2D eigenvalue weighted by Crippen LogP contribution is -2.31. The molecule has 0 spiro atoms. The van der Waals surface area contributed by atoms with Crippen molar-refractivity contribution in [2.24, 2.45) is 0 Å². The fourth-order valence-electron chi connectivity index (χ4n) is 2.70. The number of aryl methyl sites for hydroxylation is 1. The first-order valence-corrected chi connectivity index (χ1v) is 9.67. The maximum atomic E-state index is 12.3. The van der Waals surface area contributed by atoms with Gasteiger partial charge in [0.15, 0.2) is 0 Å². The number of hydrogen-bond donors (Lipinski definition) is 2. The van der Waals surface area contributed by atoms with Gasteiger partial charge >= 0.3 is 5.69 Å². The monoisotopic (exact) mass is 412 g/mol. The van der Waals surface area contributed by atoms with Gasteiger partial charge in [-0.3, -0.25) is 23.9 Å². The van der Waals surface area contributed by atoms with Crippen LogP contribution in [0.25, 0.3) is 10.9 Å². The number of benzene rings is 2. The van der Waals surface area contributed by atoms with E-state index in [2.05, 4.69) is 10.3 Å². The van der Waals surface area contributed by atoms with Gasteiger partial charge in [-0.2, -0.15) is 0 Å². The molecule has 150 valence electrons. The van der Waals surface area contributed by atoms with Gasteiger partial charge in [-0.15, -0.1) is 0 Å². The van der Waals surface area contributed by atoms with Crippen LogP contribution in [0.15, 0.2) is 63.0 Å². The lowest BCUT2D eigenvalue weighted by atomic mass is 10.2. The molecule has 2 aromatic carbocycles. The fourth-order valence-corrected chi connectivity index (χ4v) is 3.36. The topological polar surface area (TPSA) is 104 Å². The lowest BCUT2D eigenvalue weighted by molar-refractivity contribution is -0.116. The quantitative estimate of drug-likeness (QED) is 0.627. The first-order valence-electron chi connectivity index (χ1n) is 8.86. The molecule has 3 rings (SSSR count). The maximum Gasteiger partial charge on any atom is 0.328 e. The highest BCUT2D eigenvalue weighted by Crippen LogP contribution is 2.22. The van der Waals surface area contributed by atoms with Crippen LogP contribution in [0.3, 0.4) is 0 Å². The first-order chi connectivity index (χ1) is 13.8. The third-order valence-electron chi connectivity index (χ3n) is 4.18. The normalized spacial score (nSPS) is 10.7. The molecule has 0 bridgehead atoms. The second-order valence-corrected chi connectivity index (χ2v) is 7.54. The Morgan fingerprint density at radius 2 is 1.76 bits per heavy atom. The number of thioether (sulfide) groups is 1. The highest BCUT2D eigenvalue weighted by molar-refractivity contribution is 8.13. The number of carbonyl (C=O) groups is 2. The Morgan fingerprint density at radius 3 is 2.45 bits per heavy atom. The summed E-state index contributed by atoms with van der Waals surface area (Å²) in [6.07, 6.45) is 0.0611. The largest absolute Gasteiger partial charge is 0.339 e. The van der Waals surface area contributed by atoms with Crippen LogP contribution in [-0.2, 0) is 11.3 Å². The smallest absolute Gasteiger partial charge is 0.328 e. The number of anilines is 1. The maximum absolute atomic E-state index is 12.3. The van der Waals surface area contributed by atoms with Gasteiger partial charge in [0, 0.05) is 37.6 Å². The number of fused-ring (bicyclic) bond motifs is 1. The van der Waals surface area contributed by atoms with Gasteiger partial charge < -0.3 is 10.2 Å². The van der Waals surface area contributed by atoms with Gasteiger partial charge in [0.05, 0.1) is 10.9 Å². The molecule has 1 heterocycles. The van der Waals surface area contributed by atoms with Crippen molar-refractivity contribution in [3.05, 3.63) is 69.4 Å². The van der Waals surface area contributed by atoms with Crippen molar-refractivity contribution in [1.82, 2.24) is 14.5 Å². The van der Waals surface area contributed by atoms with Gasteiger partial charge in [-0.1, -0.05) is 12.1 Å². The molecule has 1 aromatic heterocycles. The summed E-state index contributed by atoms with van der Waals surface area (Å²) in [4.78, 5) is 52.6. The number of amides is 2. The van der Waals surface area contributed by atoms with E-state index in [1.165, 1.54) is 9.47 Å². The predicted octanol–water partition coefficient (Wildman–Crippen LogP) is 2.49. The second kappa shape index (κ2) is 8.78. The first kappa shape index (κ1) is 20.4. The molecule has 0 atom stereocenters. The minimum Gasteiger partial charge on any atom is -0.339 e. The zero-order valence-corrected chi connectivity index (χ0v) is 16.8. The molecular formula is C20H20N4O4S. The highest BCUT2D eigenvalue weighted by Gasteiger charge is 2.10. The molecule has 0 fully saturated rings. The van der Waals surface area contributed by atoms with Gasteiger partial charge in [0.25, 0.3) is 10.8 Å². The van der Waals surface area contributed by atoms with Crippen LogP contribution >= 0.6 is 11.8 Å². The van der Waals surface area contributed by atoms with Crippen molar-refractivity contribution in [2.75, 3.05) is 19.4 Å². The number of hydrogen-bond acceptors (Lipinski definition) is 5. The summed E-state index contributed by atoms with van der Waals surface area (Å²) in [7, 11) is 3.36. The van der Waals surface area contributed by atoms with Crippen molar-refractivity contribution in [2.45, 2.75) is 17.9 Å². The summed E-state index contributed by atoms with van der Waals surface area (Å²) in [6.45, 7) is 0.132. The van der Waals surface area contributed by atoms with Crippen molar-refractivity contribution in [1.29, 1.82) is 0 Å². The van der Waals surface area contributed by atoms with E-state index in [0.717, 1.165) is 16.7 Å². The number of rotatable bonds is 5. The van der Waals surface area contributed by atoms with Crippen LogP contribution < -0.4 is 16.6 Å². The van der Waals surface area contributed by atoms with Crippen molar-refractivity contribution >= 4 is 39.5 Å². The Bertz CT molecular complexity index is 1170. The zero-order valence-electron chi connectivity index (χ0n) is 16.0.